The minimum atomic E-state index is -3.71. The number of nitrogens with one attached hydrogen (secondary N) is 2. The van der Waals surface area contributed by atoms with Crippen molar-refractivity contribution in [2.45, 2.75) is 25.8 Å². The average Bonchev–Trinajstić information content (AvgIpc) is 2.50. The average molecular weight is 344 g/mol. The lowest BCUT2D eigenvalue weighted by Gasteiger charge is -2.21. The minimum absolute atomic E-state index is 0.101. The smallest absolute Gasteiger partial charge is 0.258 e. The van der Waals surface area contributed by atoms with Gasteiger partial charge in [-0.05, 0) is 32.9 Å². The number of ether oxygens (including phenoxy) is 1. The molecular formula is C14H24N4O4S. The number of pyridine rings is 1. The highest BCUT2D eigenvalue weighted by Crippen LogP contribution is 2.16. The zero-order valence-corrected chi connectivity index (χ0v) is 14.4. The SMILES string of the molecule is CCOCCNS(=O)(=O)c1cccc(NCC(C)(C)C(N)=O)n1. The highest BCUT2D eigenvalue weighted by molar-refractivity contribution is 7.89. The Balaban J connectivity index is 2.74. The lowest BCUT2D eigenvalue weighted by molar-refractivity contribution is -0.125. The molecule has 8 nitrogen and oxygen atoms in total. The van der Waals surface area contributed by atoms with Gasteiger partial charge in [0.05, 0.1) is 12.0 Å². The van der Waals surface area contributed by atoms with Gasteiger partial charge >= 0.3 is 0 Å². The number of carbonyl (C=O) groups excluding carboxylic acids is 1. The molecule has 4 N–H and O–H groups in total. The molecule has 0 aliphatic rings. The van der Waals surface area contributed by atoms with E-state index in [1.807, 2.05) is 6.92 Å². The van der Waals surface area contributed by atoms with Gasteiger partial charge in [-0.1, -0.05) is 6.07 Å². The Kier molecular flexibility index (Phi) is 6.92. The van der Waals surface area contributed by atoms with Crippen LogP contribution in [0.2, 0.25) is 0 Å². The second-order valence-corrected chi connectivity index (χ2v) is 7.27. The Morgan fingerprint density at radius 1 is 1.39 bits per heavy atom. The van der Waals surface area contributed by atoms with Crippen molar-refractivity contribution in [2.75, 3.05) is 31.6 Å². The molecule has 23 heavy (non-hydrogen) atoms. The molecule has 0 aliphatic carbocycles. The first-order valence-corrected chi connectivity index (χ1v) is 8.75. The zero-order valence-electron chi connectivity index (χ0n) is 13.6. The van der Waals surface area contributed by atoms with Gasteiger partial charge in [-0.15, -0.1) is 0 Å². The summed E-state index contributed by atoms with van der Waals surface area (Å²) in [5.74, 6) is -0.0987. The molecule has 0 aromatic carbocycles. The molecule has 0 atom stereocenters. The standard InChI is InChI=1S/C14H24N4O4S/c1-4-22-9-8-17-23(20,21)12-7-5-6-11(18-12)16-10-14(2,3)13(15)19/h5-7,17H,4,8-10H2,1-3H3,(H2,15,19)(H,16,18). The van der Waals surface area contributed by atoms with Crippen molar-refractivity contribution in [3.63, 3.8) is 0 Å². The molecule has 1 aromatic rings. The molecule has 0 bridgehead atoms. The van der Waals surface area contributed by atoms with Crippen LogP contribution in [0, 0.1) is 5.41 Å². The molecule has 1 rings (SSSR count). The number of hydrogen-bond acceptors (Lipinski definition) is 6. The van der Waals surface area contributed by atoms with Crippen LogP contribution >= 0.6 is 0 Å². The molecule has 0 aliphatic heterocycles. The number of rotatable bonds is 10. The number of nitrogens with two attached hydrogens (primary N) is 1. The Labute approximate surface area is 136 Å². The van der Waals surface area contributed by atoms with Gasteiger partial charge in [0.25, 0.3) is 10.0 Å². The van der Waals surface area contributed by atoms with Gasteiger partial charge in [-0.3, -0.25) is 4.79 Å². The highest BCUT2D eigenvalue weighted by atomic mass is 32.2. The minimum Gasteiger partial charge on any atom is -0.380 e. The molecule has 1 aromatic heterocycles. The van der Waals surface area contributed by atoms with Crippen molar-refractivity contribution in [3.8, 4) is 0 Å². The maximum atomic E-state index is 12.1. The van der Waals surface area contributed by atoms with Crippen LogP contribution in [0.3, 0.4) is 0 Å². The molecule has 0 saturated carbocycles. The Morgan fingerprint density at radius 2 is 2.09 bits per heavy atom. The van der Waals surface area contributed by atoms with Crippen molar-refractivity contribution in [1.29, 1.82) is 0 Å². The third kappa shape index (κ3) is 6.12. The number of nitrogens with zero attached hydrogens (tertiary/aromatic N) is 1. The van der Waals surface area contributed by atoms with E-state index in [4.69, 9.17) is 10.5 Å². The summed E-state index contributed by atoms with van der Waals surface area (Å²) >= 11 is 0. The maximum absolute atomic E-state index is 12.1. The van der Waals surface area contributed by atoms with Gasteiger partial charge in [0.1, 0.15) is 5.82 Å². The monoisotopic (exact) mass is 344 g/mol. The molecule has 0 fully saturated rings. The van der Waals surface area contributed by atoms with Crippen molar-refractivity contribution in [1.82, 2.24) is 9.71 Å². The molecule has 130 valence electrons. The summed E-state index contributed by atoms with van der Waals surface area (Å²) in [5.41, 5.74) is 4.52. The van der Waals surface area contributed by atoms with E-state index < -0.39 is 21.3 Å². The van der Waals surface area contributed by atoms with Gasteiger partial charge in [-0.25, -0.2) is 18.1 Å². The molecule has 0 saturated heterocycles. The van der Waals surface area contributed by atoms with E-state index in [1.165, 1.54) is 6.07 Å². The fourth-order valence-corrected chi connectivity index (χ4v) is 2.50. The van der Waals surface area contributed by atoms with Crippen LogP contribution in [0.25, 0.3) is 0 Å². The summed E-state index contributed by atoms with van der Waals surface area (Å²) in [6.07, 6.45) is 0. The lowest BCUT2D eigenvalue weighted by Crippen LogP contribution is -2.37. The number of carbonyl (C=O) groups is 1. The van der Waals surface area contributed by atoms with Crippen LogP contribution in [0.15, 0.2) is 23.2 Å². The number of aromatic nitrogens is 1. The first kappa shape index (κ1) is 19.3. The van der Waals surface area contributed by atoms with Crippen molar-refractivity contribution < 1.29 is 17.9 Å². The number of anilines is 1. The highest BCUT2D eigenvalue weighted by Gasteiger charge is 2.25. The summed E-state index contributed by atoms with van der Waals surface area (Å²) < 4.78 is 31.7. The van der Waals surface area contributed by atoms with Crippen LogP contribution in [0.5, 0.6) is 0 Å². The molecule has 1 amide bonds. The fourth-order valence-electron chi connectivity index (χ4n) is 1.53. The predicted octanol–water partition coefficient (Wildman–Crippen LogP) is 0.320. The topological polar surface area (TPSA) is 123 Å². The molecule has 1 heterocycles. The van der Waals surface area contributed by atoms with E-state index in [1.54, 1.807) is 26.0 Å². The predicted molar refractivity (Wildman–Crippen MR) is 87.4 cm³/mol. The number of sulfonamides is 1. The fraction of sp³-hybridized carbons (Fsp3) is 0.571. The largest absolute Gasteiger partial charge is 0.380 e. The van der Waals surface area contributed by atoms with E-state index in [9.17, 15) is 13.2 Å². The lowest BCUT2D eigenvalue weighted by atomic mass is 9.93. The summed E-state index contributed by atoms with van der Waals surface area (Å²) in [6, 6.07) is 4.59. The van der Waals surface area contributed by atoms with Crippen LogP contribution in [0.1, 0.15) is 20.8 Å². The number of amides is 1. The van der Waals surface area contributed by atoms with Gasteiger partial charge in [-0.2, -0.15) is 0 Å². The molecule has 0 unspecified atom stereocenters. The normalized spacial score (nSPS) is 12.1. The van der Waals surface area contributed by atoms with Crippen LogP contribution in [-0.2, 0) is 19.6 Å². The Morgan fingerprint density at radius 3 is 2.70 bits per heavy atom. The third-order valence-corrected chi connectivity index (χ3v) is 4.48. The molecule has 0 spiro atoms. The molecule has 9 heteroatoms. The van der Waals surface area contributed by atoms with Crippen molar-refractivity contribution >= 4 is 21.7 Å². The second kappa shape index (κ2) is 8.23. The Bertz CT molecular complexity index is 631. The van der Waals surface area contributed by atoms with Gasteiger partial charge in [0.15, 0.2) is 5.03 Å². The zero-order chi connectivity index (χ0) is 17.5. The molecular weight excluding hydrogens is 320 g/mol. The summed E-state index contributed by atoms with van der Waals surface area (Å²) in [6.45, 7) is 6.45. The van der Waals surface area contributed by atoms with E-state index in [0.29, 0.717) is 19.0 Å². The third-order valence-electron chi connectivity index (χ3n) is 3.12. The van der Waals surface area contributed by atoms with Crippen LogP contribution in [0.4, 0.5) is 5.82 Å². The van der Waals surface area contributed by atoms with E-state index >= 15 is 0 Å². The Hall–Kier alpha value is -1.71. The number of hydrogen-bond donors (Lipinski definition) is 3. The first-order chi connectivity index (χ1) is 10.7. The first-order valence-electron chi connectivity index (χ1n) is 7.27. The quantitative estimate of drug-likeness (QED) is 0.525. The van der Waals surface area contributed by atoms with E-state index in [2.05, 4.69) is 15.0 Å². The van der Waals surface area contributed by atoms with Crippen molar-refractivity contribution in [3.05, 3.63) is 18.2 Å². The van der Waals surface area contributed by atoms with Crippen LogP contribution < -0.4 is 15.8 Å². The van der Waals surface area contributed by atoms with Gasteiger partial charge in [0, 0.05) is 19.7 Å². The van der Waals surface area contributed by atoms with E-state index in [0.717, 1.165) is 0 Å². The summed E-state index contributed by atoms with van der Waals surface area (Å²) in [5, 5.41) is 2.83. The second-order valence-electron chi connectivity index (χ2n) is 5.56. The van der Waals surface area contributed by atoms with E-state index in [-0.39, 0.29) is 18.1 Å². The van der Waals surface area contributed by atoms with Crippen molar-refractivity contribution in [2.24, 2.45) is 11.1 Å². The molecule has 0 radical (unpaired) electrons. The van der Waals surface area contributed by atoms with Gasteiger partial charge < -0.3 is 15.8 Å². The summed E-state index contributed by atoms with van der Waals surface area (Å²) in [7, 11) is -3.71. The van der Waals surface area contributed by atoms with Crippen LogP contribution in [-0.4, -0.2) is 45.6 Å². The number of primary amides is 1. The summed E-state index contributed by atoms with van der Waals surface area (Å²) in [4.78, 5) is 15.3. The maximum Gasteiger partial charge on any atom is 0.258 e. The van der Waals surface area contributed by atoms with Gasteiger partial charge in [0.2, 0.25) is 5.91 Å².